The molecule has 2 amide bonds. The molecule has 1 atom stereocenters. The molecule has 36 heavy (non-hydrogen) atoms. The molecule has 0 saturated heterocycles. The highest BCUT2D eigenvalue weighted by atomic mass is 127. The number of fused-ring (bicyclic) bond motifs is 1. The number of thiophene rings is 1. The van der Waals surface area contributed by atoms with Crippen molar-refractivity contribution >= 4 is 56.8 Å². The van der Waals surface area contributed by atoms with Crippen LogP contribution in [0.25, 0.3) is 11.0 Å². The van der Waals surface area contributed by atoms with Gasteiger partial charge in [0, 0.05) is 29.4 Å². The van der Waals surface area contributed by atoms with E-state index in [1.54, 1.807) is 11.3 Å². The van der Waals surface area contributed by atoms with Gasteiger partial charge in [-0.3, -0.25) is 9.59 Å². The van der Waals surface area contributed by atoms with Gasteiger partial charge in [-0.05, 0) is 54.8 Å². The smallest absolute Gasteiger partial charge is 0.252 e. The normalized spacial score (nSPS) is 12.4. The lowest BCUT2D eigenvalue weighted by Gasteiger charge is -2.20. The minimum Gasteiger partial charge on any atom is -0.369 e. The lowest BCUT2D eigenvalue weighted by Crippen LogP contribution is -2.48. The Hall–Kier alpha value is -1.98. The molecule has 0 bridgehead atoms. The van der Waals surface area contributed by atoms with Gasteiger partial charge in [0.2, 0.25) is 5.91 Å². The molecular formula is C27H37IN4O3S. The van der Waals surface area contributed by atoms with Crippen LogP contribution in [0.5, 0.6) is 0 Å². The molecule has 0 aliphatic heterocycles. The zero-order valence-corrected chi connectivity index (χ0v) is 24.5. The fourth-order valence-electron chi connectivity index (χ4n) is 4.41. The van der Waals surface area contributed by atoms with Gasteiger partial charge in [-0.2, -0.15) is 0 Å². The van der Waals surface area contributed by atoms with Gasteiger partial charge < -0.3 is 19.9 Å². The maximum absolute atomic E-state index is 13.2. The van der Waals surface area contributed by atoms with E-state index in [1.807, 2.05) is 32.0 Å². The molecule has 0 saturated carbocycles. The molecule has 0 fully saturated rings. The first-order valence-electron chi connectivity index (χ1n) is 12.6. The number of imidazole rings is 1. The quantitative estimate of drug-likeness (QED) is 0.137. The van der Waals surface area contributed by atoms with Crippen LogP contribution >= 0.6 is 33.9 Å². The van der Waals surface area contributed by atoms with Crippen molar-refractivity contribution in [1.82, 2.24) is 20.2 Å². The minimum atomic E-state index is -0.607. The first kappa shape index (κ1) is 28.6. The van der Waals surface area contributed by atoms with Gasteiger partial charge in [-0.15, -0.1) is 11.3 Å². The van der Waals surface area contributed by atoms with Crippen molar-refractivity contribution in [3.05, 3.63) is 52.0 Å². The van der Waals surface area contributed by atoms with E-state index in [-0.39, 0.29) is 17.7 Å². The van der Waals surface area contributed by atoms with E-state index in [4.69, 9.17) is 9.72 Å². The van der Waals surface area contributed by atoms with Crippen molar-refractivity contribution in [3.63, 3.8) is 0 Å². The number of halogens is 1. The second-order valence-corrected chi connectivity index (χ2v) is 10.9. The lowest BCUT2D eigenvalue weighted by molar-refractivity contribution is -0.123. The molecule has 7 nitrogen and oxygen atoms in total. The van der Waals surface area contributed by atoms with E-state index in [2.05, 4.69) is 69.2 Å². The SMILES string of the molecule is CCC(CC)n1c(Cc2cccs2)nc2cc(C(=O)N[C@@H](CC(C)C)C(=O)NCCOCI)ccc21. The minimum absolute atomic E-state index is 0.188. The first-order chi connectivity index (χ1) is 17.4. The Morgan fingerprint density at radius 3 is 2.61 bits per heavy atom. The number of benzene rings is 1. The zero-order chi connectivity index (χ0) is 26.1. The number of ether oxygens (including phenoxy) is 1. The monoisotopic (exact) mass is 624 g/mol. The van der Waals surface area contributed by atoms with E-state index in [0.717, 1.165) is 36.1 Å². The van der Waals surface area contributed by atoms with Gasteiger partial charge >= 0.3 is 0 Å². The molecule has 0 unspecified atom stereocenters. The highest BCUT2D eigenvalue weighted by Gasteiger charge is 2.24. The van der Waals surface area contributed by atoms with E-state index in [1.165, 1.54) is 4.88 Å². The summed E-state index contributed by atoms with van der Waals surface area (Å²) in [7, 11) is 0. The van der Waals surface area contributed by atoms with Crippen LogP contribution in [0, 0.1) is 5.92 Å². The fraction of sp³-hybridized carbons (Fsp3) is 0.519. The van der Waals surface area contributed by atoms with Gasteiger partial charge in [0.1, 0.15) is 11.9 Å². The Morgan fingerprint density at radius 2 is 1.97 bits per heavy atom. The lowest BCUT2D eigenvalue weighted by atomic mass is 10.0. The molecule has 3 aromatic rings. The number of aromatic nitrogens is 2. The van der Waals surface area contributed by atoms with Crippen molar-refractivity contribution in [1.29, 1.82) is 0 Å². The van der Waals surface area contributed by atoms with Gasteiger partial charge in [0.05, 0.1) is 22.3 Å². The molecule has 196 valence electrons. The Balaban J connectivity index is 1.84. The number of hydrogen-bond donors (Lipinski definition) is 2. The molecule has 0 spiro atoms. The van der Waals surface area contributed by atoms with E-state index in [9.17, 15) is 9.59 Å². The second-order valence-electron chi connectivity index (χ2n) is 9.29. The molecule has 0 aliphatic rings. The topological polar surface area (TPSA) is 85.2 Å². The summed E-state index contributed by atoms with van der Waals surface area (Å²) in [5.74, 6) is 0.818. The fourth-order valence-corrected chi connectivity index (χ4v) is 5.43. The summed E-state index contributed by atoms with van der Waals surface area (Å²) in [4.78, 5) is 32.2. The number of rotatable bonds is 14. The standard InChI is InChI=1S/C27H37IN4O3S/c1-5-20(6-2)32-24-10-9-19(15-22(24)30-25(32)16-21-8-7-13-36-21)26(33)31-23(14-18(3)4)27(34)29-11-12-35-17-28/h7-10,13,15,18,20,23H,5-6,11-12,14,16-17H2,1-4H3,(H,29,34)(H,31,33)/t23-/m0/s1. The highest BCUT2D eigenvalue weighted by molar-refractivity contribution is 14.1. The van der Waals surface area contributed by atoms with Crippen molar-refractivity contribution in [2.75, 3.05) is 17.8 Å². The Kier molecular flexibility index (Phi) is 11.2. The highest BCUT2D eigenvalue weighted by Crippen LogP contribution is 2.28. The molecular weight excluding hydrogens is 587 g/mol. The molecule has 2 heterocycles. The van der Waals surface area contributed by atoms with Crippen molar-refractivity contribution in [3.8, 4) is 0 Å². The molecule has 3 rings (SSSR count). The van der Waals surface area contributed by atoms with Crippen LogP contribution in [-0.2, 0) is 16.0 Å². The van der Waals surface area contributed by atoms with Crippen LogP contribution in [0.15, 0.2) is 35.7 Å². The van der Waals surface area contributed by atoms with E-state index < -0.39 is 6.04 Å². The molecule has 1 aromatic carbocycles. The maximum atomic E-state index is 13.2. The first-order valence-corrected chi connectivity index (χ1v) is 15.0. The predicted molar refractivity (Wildman–Crippen MR) is 155 cm³/mol. The number of alkyl halides is 1. The van der Waals surface area contributed by atoms with Crippen LogP contribution in [-0.4, -0.2) is 45.2 Å². The number of nitrogens with zero attached hydrogens (tertiary/aromatic N) is 2. The third-order valence-corrected chi connectivity index (χ3v) is 7.51. The number of carbonyl (C=O) groups is 2. The number of hydrogen-bond acceptors (Lipinski definition) is 5. The Bertz CT molecular complexity index is 1130. The number of nitrogens with one attached hydrogen (secondary N) is 2. The number of carbonyl (C=O) groups excluding carboxylic acids is 2. The molecule has 9 heteroatoms. The Labute approximate surface area is 231 Å². The summed E-state index contributed by atoms with van der Waals surface area (Å²) < 4.78 is 8.20. The summed E-state index contributed by atoms with van der Waals surface area (Å²) in [5.41, 5.74) is 2.36. The molecule has 2 N–H and O–H groups in total. The number of amides is 2. The predicted octanol–water partition coefficient (Wildman–Crippen LogP) is 5.72. The summed E-state index contributed by atoms with van der Waals surface area (Å²) in [6.07, 6.45) is 3.34. The third-order valence-electron chi connectivity index (χ3n) is 6.20. The summed E-state index contributed by atoms with van der Waals surface area (Å²) in [6, 6.07) is 9.61. The van der Waals surface area contributed by atoms with Crippen molar-refractivity contribution in [2.45, 2.75) is 65.5 Å². The van der Waals surface area contributed by atoms with Crippen LogP contribution in [0.3, 0.4) is 0 Å². The largest absolute Gasteiger partial charge is 0.369 e. The van der Waals surface area contributed by atoms with Gasteiger partial charge in [0.15, 0.2) is 0 Å². The van der Waals surface area contributed by atoms with E-state index in [0.29, 0.717) is 35.8 Å². The van der Waals surface area contributed by atoms with Gasteiger partial charge in [-0.25, -0.2) is 4.98 Å². The summed E-state index contributed by atoms with van der Waals surface area (Å²) in [5, 5.41) is 7.90. The summed E-state index contributed by atoms with van der Waals surface area (Å²) in [6.45, 7) is 9.34. The van der Waals surface area contributed by atoms with Gasteiger partial charge in [0.25, 0.3) is 5.91 Å². The maximum Gasteiger partial charge on any atom is 0.252 e. The molecule has 0 aliphatic carbocycles. The van der Waals surface area contributed by atoms with E-state index >= 15 is 0 Å². The van der Waals surface area contributed by atoms with Crippen LogP contribution in [0.1, 0.15) is 74.1 Å². The average Bonchev–Trinajstić information content (AvgIpc) is 3.49. The zero-order valence-electron chi connectivity index (χ0n) is 21.6. The van der Waals surface area contributed by atoms with Gasteiger partial charge in [-0.1, -0.05) is 56.4 Å². The average molecular weight is 625 g/mol. The molecule has 0 radical (unpaired) electrons. The second kappa shape index (κ2) is 14.1. The Morgan fingerprint density at radius 1 is 1.19 bits per heavy atom. The third kappa shape index (κ3) is 7.52. The van der Waals surface area contributed by atoms with Crippen LogP contribution in [0.2, 0.25) is 0 Å². The van der Waals surface area contributed by atoms with Crippen molar-refractivity contribution < 1.29 is 14.3 Å². The summed E-state index contributed by atoms with van der Waals surface area (Å²) >= 11 is 3.85. The molecule has 2 aromatic heterocycles. The van der Waals surface area contributed by atoms with Crippen LogP contribution < -0.4 is 10.6 Å². The van der Waals surface area contributed by atoms with Crippen molar-refractivity contribution in [2.24, 2.45) is 5.92 Å². The van der Waals surface area contributed by atoms with Crippen LogP contribution in [0.4, 0.5) is 0 Å².